The number of rotatable bonds is 2. The molecule has 0 saturated carbocycles. The summed E-state index contributed by atoms with van der Waals surface area (Å²) >= 11 is 3.28. The van der Waals surface area contributed by atoms with Crippen molar-refractivity contribution in [3.63, 3.8) is 0 Å². The molecule has 3 aromatic rings. The first-order valence-electron chi connectivity index (χ1n) is 8.48. The van der Waals surface area contributed by atoms with Gasteiger partial charge in [-0.1, -0.05) is 28.1 Å². The van der Waals surface area contributed by atoms with Crippen molar-refractivity contribution < 1.29 is 9.18 Å². The van der Waals surface area contributed by atoms with Gasteiger partial charge in [-0.25, -0.2) is 9.18 Å². The van der Waals surface area contributed by atoms with Crippen LogP contribution in [0.25, 0.3) is 11.0 Å². The Hall–Kier alpha value is -2.41. The van der Waals surface area contributed by atoms with Crippen molar-refractivity contribution in [1.82, 2.24) is 14.5 Å². The number of amides is 1. The average molecular weight is 418 g/mol. The summed E-state index contributed by atoms with van der Waals surface area (Å²) in [5.41, 5.74) is 1.63. The smallest absolute Gasteiger partial charge is 0.326 e. The van der Waals surface area contributed by atoms with Crippen LogP contribution in [0.5, 0.6) is 0 Å². The molecule has 1 amide bonds. The number of H-pyrrole nitrogens is 1. The molecule has 0 aliphatic carbocycles. The minimum absolute atomic E-state index is 0.0232. The van der Waals surface area contributed by atoms with Crippen LogP contribution in [0, 0.1) is 5.82 Å². The molecule has 1 fully saturated rings. The van der Waals surface area contributed by atoms with Crippen LogP contribution in [0.2, 0.25) is 0 Å². The Morgan fingerprint density at radius 3 is 2.65 bits per heavy atom. The second-order valence-corrected chi connectivity index (χ2v) is 7.38. The van der Waals surface area contributed by atoms with Crippen molar-refractivity contribution in [3.8, 4) is 0 Å². The summed E-state index contributed by atoms with van der Waals surface area (Å²) in [6.45, 7) is 0.975. The van der Waals surface area contributed by atoms with Crippen LogP contribution in [0.15, 0.2) is 51.7 Å². The molecule has 0 radical (unpaired) electrons. The van der Waals surface area contributed by atoms with Gasteiger partial charge in [-0.2, -0.15) is 0 Å². The van der Waals surface area contributed by atoms with Gasteiger partial charge in [0.05, 0.1) is 16.6 Å². The highest BCUT2D eigenvalue weighted by Crippen LogP contribution is 2.26. The van der Waals surface area contributed by atoms with E-state index in [-0.39, 0.29) is 23.2 Å². The first kappa shape index (κ1) is 17.0. The van der Waals surface area contributed by atoms with E-state index in [1.165, 1.54) is 12.1 Å². The number of carbonyl (C=O) groups excluding carboxylic acids is 1. The van der Waals surface area contributed by atoms with Crippen molar-refractivity contribution in [3.05, 3.63) is 68.8 Å². The molecule has 0 bridgehead atoms. The van der Waals surface area contributed by atoms with E-state index >= 15 is 0 Å². The van der Waals surface area contributed by atoms with E-state index in [9.17, 15) is 14.0 Å². The molecule has 2 aromatic carbocycles. The van der Waals surface area contributed by atoms with Crippen molar-refractivity contribution in [2.24, 2.45) is 0 Å². The predicted octanol–water partition coefficient (Wildman–Crippen LogP) is 3.71. The third-order valence-corrected chi connectivity index (χ3v) is 5.39. The number of nitrogens with one attached hydrogen (secondary N) is 1. The summed E-state index contributed by atoms with van der Waals surface area (Å²) in [6.07, 6.45) is 1.31. The van der Waals surface area contributed by atoms with Gasteiger partial charge in [0.25, 0.3) is 5.91 Å². The fraction of sp³-hybridized carbons (Fsp3) is 0.263. The Morgan fingerprint density at radius 1 is 1.15 bits per heavy atom. The topological polar surface area (TPSA) is 58.1 Å². The van der Waals surface area contributed by atoms with Gasteiger partial charge < -0.3 is 9.88 Å². The van der Waals surface area contributed by atoms with E-state index < -0.39 is 5.82 Å². The number of imidazole rings is 1. The molecule has 0 spiro atoms. The Kier molecular flexibility index (Phi) is 4.40. The lowest BCUT2D eigenvalue weighted by Crippen LogP contribution is -2.40. The normalized spacial score (nSPS) is 15.5. The maximum Gasteiger partial charge on any atom is 0.326 e. The highest BCUT2D eigenvalue weighted by atomic mass is 79.9. The molecular weight excluding hydrogens is 401 g/mol. The number of carbonyl (C=O) groups is 1. The van der Waals surface area contributed by atoms with Gasteiger partial charge >= 0.3 is 5.69 Å². The molecule has 1 saturated heterocycles. The molecule has 7 heteroatoms. The van der Waals surface area contributed by atoms with Crippen LogP contribution in [-0.4, -0.2) is 33.4 Å². The van der Waals surface area contributed by atoms with Crippen molar-refractivity contribution in [2.75, 3.05) is 13.1 Å². The number of hydrogen-bond acceptors (Lipinski definition) is 2. The summed E-state index contributed by atoms with van der Waals surface area (Å²) in [5, 5.41) is 0. The number of para-hydroxylation sites is 2. The lowest BCUT2D eigenvalue weighted by molar-refractivity contribution is 0.0690. The highest BCUT2D eigenvalue weighted by molar-refractivity contribution is 9.10. The molecule has 5 nitrogen and oxygen atoms in total. The van der Waals surface area contributed by atoms with Crippen molar-refractivity contribution in [2.45, 2.75) is 18.9 Å². The standard InChI is InChI=1S/C19H17BrFN3O2/c20-12-5-6-15(21)14(11-12)18(25)23-9-7-13(8-10-23)24-17-4-2-1-3-16(17)22-19(24)26/h1-6,11,13H,7-10H2,(H,22,26). The molecule has 1 N–H and O–H groups in total. The maximum absolute atomic E-state index is 14.0. The monoisotopic (exact) mass is 417 g/mol. The number of aromatic nitrogens is 2. The number of hydrogen-bond donors (Lipinski definition) is 1. The van der Waals surface area contributed by atoms with Gasteiger partial charge in [-0.15, -0.1) is 0 Å². The number of aromatic amines is 1. The number of halogens is 2. The molecule has 0 unspecified atom stereocenters. The van der Waals surface area contributed by atoms with Gasteiger partial charge in [-0.3, -0.25) is 9.36 Å². The first-order valence-corrected chi connectivity index (χ1v) is 9.27. The van der Waals surface area contributed by atoms with Crippen molar-refractivity contribution >= 4 is 32.9 Å². The summed E-state index contributed by atoms with van der Waals surface area (Å²) in [6, 6.07) is 12.0. The maximum atomic E-state index is 14.0. The van der Waals surface area contributed by atoms with Gasteiger partial charge in [0, 0.05) is 23.6 Å². The zero-order valence-electron chi connectivity index (χ0n) is 13.9. The predicted molar refractivity (Wildman–Crippen MR) is 101 cm³/mol. The van der Waals surface area contributed by atoms with E-state index in [1.807, 2.05) is 24.3 Å². The van der Waals surface area contributed by atoms with Crippen LogP contribution in [-0.2, 0) is 0 Å². The van der Waals surface area contributed by atoms with E-state index in [0.717, 1.165) is 11.0 Å². The number of likely N-dealkylation sites (tertiary alicyclic amines) is 1. The van der Waals surface area contributed by atoms with E-state index in [0.29, 0.717) is 30.4 Å². The summed E-state index contributed by atoms with van der Waals surface area (Å²) in [5.74, 6) is -0.832. The van der Waals surface area contributed by atoms with Gasteiger partial charge in [0.1, 0.15) is 5.82 Å². The third kappa shape index (κ3) is 2.96. The molecule has 2 heterocycles. The molecule has 134 valence electrons. The van der Waals surface area contributed by atoms with E-state index in [1.54, 1.807) is 15.5 Å². The second kappa shape index (κ2) is 6.72. The van der Waals surface area contributed by atoms with Crippen LogP contribution in [0.4, 0.5) is 4.39 Å². The van der Waals surface area contributed by atoms with Crippen LogP contribution in [0.1, 0.15) is 29.2 Å². The molecular formula is C19H17BrFN3O2. The molecule has 1 aromatic heterocycles. The van der Waals surface area contributed by atoms with Gasteiger partial charge in [-0.05, 0) is 43.2 Å². The fourth-order valence-corrected chi connectivity index (χ4v) is 3.96. The van der Waals surface area contributed by atoms with Crippen LogP contribution in [0.3, 0.4) is 0 Å². The number of nitrogens with zero attached hydrogens (tertiary/aromatic N) is 2. The molecule has 4 rings (SSSR count). The van der Waals surface area contributed by atoms with E-state index in [4.69, 9.17) is 0 Å². The molecule has 26 heavy (non-hydrogen) atoms. The minimum atomic E-state index is -0.520. The van der Waals surface area contributed by atoms with Gasteiger partial charge in [0.2, 0.25) is 0 Å². The minimum Gasteiger partial charge on any atom is -0.338 e. The SMILES string of the molecule is O=C(c1cc(Br)ccc1F)N1CCC(n2c(=O)[nH]c3ccccc32)CC1. The average Bonchev–Trinajstić information content (AvgIpc) is 2.99. The van der Waals surface area contributed by atoms with Gasteiger partial charge in [0.15, 0.2) is 0 Å². The number of piperidine rings is 1. The number of benzene rings is 2. The zero-order valence-corrected chi connectivity index (χ0v) is 15.5. The third-order valence-electron chi connectivity index (χ3n) is 4.90. The Balaban J connectivity index is 1.54. The quantitative estimate of drug-likeness (QED) is 0.690. The van der Waals surface area contributed by atoms with Crippen LogP contribution < -0.4 is 5.69 Å². The summed E-state index contributed by atoms with van der Waals surface area (Å²) < 4.78 is 16.4. The fourth-order valence-electron chi connectivity index (χ4n) is 3.60. The lowest BCUT2D eigenvalue weighted by Gasteiger charge is -2.32. The zero-order chi connectivity index (χ0) is 18.3. The molecule has 1 aliphatic heterocycles. The Labute approximate surface area is 157 Å². The molecule has 1 aliphatic rings. The summed E-state index contributed by atoms with van der Waals surface area (Å²) in [7, 11) is 0. The summed E-state index contributed by atoms with van der Waals surface area (Å²) in [4.78, 5) is 29.5. The Bertz CT molecular complexity index is 1030. The lowest BCUT2D eigenvalue weighted by atomic mass is 10.0. The number of fused-ring (bicyclic) bond motifs is 1. The van der Waals surface area contributed by atoms with E-state index in [2.05, 4.69) is 20.9 Å². The highest BCUT2D eigenvalue weighted by Gasteiger charge is 2.27. The largest absolute Gasteiger partial charge is 0.338 e. The van der Waals surface area contributed by atoms with Crippen molar-refractivity contribution in [1.29, 1.82) is 0 Å². The first-order chi connectivity index (χ1) is 12.5. The Morgan fingerprint density at radius 2 is 1.88 bits per heavy atom. The molecule has 0 atom stereocenters. The second-order valence-electron chi connectivity index (χ2n) is 6.46. The van der Waals surface area contributed by atoms with Crippen LogP contribution >= 0.6 is 15.9 Å².